The Balaban J connectivity index is 1.75. The average molecular weight is 405 g/mol. The summed E-state index contributed by atoms with van der Waals surface area (Å²) in [6.45, 7) is 3.05. The molecule has 0 bridgehead atoms. The number of ether oxygens (including phenoxy) is 3. The first-order valence-corrected chi connectivity index (χ1v) is 9.82. The Hall–Kier alpha value is -2.74. The molecule has 8 heteroatoms. The molecule has 1 fully saturated rings. The smallest absolute Gasteiger partial charge is 0.333 e. The molecule has 1 amide bonds. The molecule has 1 aliphatic rings. The van der Waals surface area contributed by atoms with Crippen LogP contribution in [0, 0.1) is 0 Å². The average Bonchev–Trinajstić information content (AvgIpc) is 3.04. The summed E-state index contributed by atoms with van der Waals surface area (Å²) in [6, 6.07) is 7.36. The quantitative estimate of drug-likeness (QED) is 0.355. The minimum Gasteiger partial charge on any atom is -0.494 e. The molecule has 0 spiro atoms. The van der Waals surface area contributed by atoms with Crippen molar-refractivity contribution in [1.82, 2.24) is 4.90 Å². The SMILES string of the molecule is CCOc1ccc(/C=C/C(=O)OCCCN2C(=O)CS/C2=C\C(=O)OC)cc1. The highest BCUT2D eigenvalue weighted by molar-refractivity contribution is 8.04. The number of rotatable bonds is 9. The molecule has 1 aromatic carbocycles. The van der Waals surface area contributed by atoms with Crippen molar-refractivity contribution in [2.75, 3.05) is 32.6 Å². The lowest BCUT2D eigenvalue weighted by atomic mass is 10.2. The van der Waals surface area contributed by atoms with Crippen LogP contribution in [-0.2, 0) is 23.9 Å². The fraction of sp³-hybridized carbons (Fsp3) is 0.350. The van der Waals surface area contributed by atoms with Crippen molar-refractivity contribution < 1.29 is 28.6 Å². The second-order valence-corrected chi connectivity index (χ2v) is 6.69. The van der Waals surface area contributed by atoms with E-state index >= 15 is 0 Å². The summed E-state index contributed by atoms with van der Waals surface area (Å²) in [5.41, 5.74) is 0.859. The third-order valence-corrected chi connectivity index (χ3v) is 4.75. The monoisotopic (exact) mass is 405 g/mol. The van der Waals surface area contributed by atoms with E-state index in [9.17, 15) is 14.4 Å². The normalized spacial score (nSPS) is 15.3. The molecule has 1 saturated heterocycles. The molecule has 28 heavy (non-hydrogen) atoms. The van der Waals surface area contributed by atoms with Crippen molar-refractivity contribution in [2.45, 2.75) is 13.3 Å². The predicted octanol–water partition coefficient (Wildman–Crippen LogP) is 2.62. The molecule has 0 N–H and O–H groups in total. The molecule has 0 saturated carbocycles. The summed E-state index contributed by atoms with van der Waals surface area (Å²) < 4.78 is 15.1. The van der Waals surface area contributed by atoms with Gasteiger partial charge in [0, 0.05) is 12.6 Å². The Labute approximate surface area is 168 Å². The van der Waals surface area contributed by atoms with E-state index in [0.717, 1.165) is 11.3 Å². The molecule has 0 unspecified atom stereocenters. The van der Waals surface area contributed by atoms with Gasteiger partial charge in [-0.05, 0) is 37.1 Å². The topological polar surface area (TPSA) is 82.1 Å². The molecule has 1 aliphatic heterocycles. The number of hydrogen-bond donors (Lipinski definition) is 0. The molecular weight excluding hydrogens is 382 g/mol. The number of hydrogen-bond acceptors (Lipinski definition) is 7. The highest BCUT2D eigenvalue weighted by atomic mass is 32.2. The minimum absolute atomic E-state index is 0.0816. The molecule has 0 radical (unpaired) electrons. The number of nitrogens with zero attached hydrogens (tertiary/aromatic N) is 1. The summed E-state index contributed by atoms with van der Waals surface area (Å²) in [5, 5.41) is 0.554. The van der Waals surface area contributed by atoms with Gasteiger partial charge in [-0.15, -0.1) is 0 Å². The van der Waals surface area contributed by atoms with Gasteiger partial charge in [-0.3, -0.25) is 4.79 Å². The Bertz CT molecular complexity index is 756. The molecule has 2 rings (SSSR count). The molecule has 0 aromatic heterocycles. The van der Waals surface area contributed by atoms with E-state index in [1.807, 2.05) is 31.2 Å². The Morgan fingerprint density at radius 2 is 1.96 bits per heavy atom. The number of carbonyl (C=O) groups is 3. The Morgan fingerprint density at radius 3 is 2.64 bits per heavy atom. The van der Waals surface area contributed by atoms with E-state index in [1.165, 1.54) is 35.9 Å². The van der Waals surface area contributed by atoms with Gasteiger partial charge < -0.3 is 19.1 Å². The van der Waals surface area contributed by atoms with Crippen molar-refractivity contribution in [2.24, 2.45) is 0 Å². The number of amides is 1. The van der Waals surface area contributed by atoms with Gasteiger partial charge in [0.2, 0.25) is 5.91 Å². The van der Waals surface area contributed by atoms with E-state index in [1.54, 1.807) is 6.08 Å². The van der Waals surface area contributed by atoms with Crippen LogP contribution in [0.5, 0.6) is 5.75 Å². The molecule has 0 aliphatic carbocycles. The maximum atomic E-state index is 11.9. The van der Waals surface area contributed by atoms with Crippen LogP contribution in [0.1, 0.15) is 18.9 Å². The molecule has 1 heterocycles. The lowest BCUT2D eigenvalue weighted by Gasteiger charge is -2.16. The van der Waals surface area contributed by atoms with E-state index in [4.69, 9.17) is 9.47 Å². The number of carbonyl (C=O) groups excluding carboxylic acids is 3. The van der Waals surface area contributed by atoms with Gasteiger partial charge in [-0.2, -0.15) is 0 Å². The second-order valence-electron chi connectivity index (χ2n) is 5.70. The van der Waals surface area contributed by atoms with Crippen LogP contribution in [0.4, 0.5) is 0 Å². The van der Waals surface area contributed by atoms with Gasteiger partial charge in [0.15, 0.2) is 0 Å². The van der Waals surface area contributed by atoms with Crippen LogP contribution in [0.25, 0.3) is 6.08 Å². The van der Waals surface area contributed by atoms with Crippen molar-refractivity contribution in [3.63, 3.8) is 0 Å². The zero-order valence-corrected chi connectivity index (χ0v) is 16.7. The van der Waals surface area contributed by atoms with Crippen LogP contribution >= 0.6 is 11.8 Å². The maximum absolute atomic E-state index is 11.9. The van der Waals surface area contributed by atoms with Gasteiger partial charge >= 0.3 is 11.9 Å². The first kappa shape index (κ1) is 21.6. The second kappa shape index (κ2) is 11.2. The van der Waals surface area contributed by atoms with Gasteiger partial charge in [0.05, 0.1) is 37.2 Å². The lowest BCUT2D eigenvalue weighted by Crippen LogP contribution is -2.27. The Kier molecular flexibility index (Phi) is 8.61. The van der Waals surface area contributed by atoms with Crippen molar-refractivity contribution >= 4 is 35.7 Å². The summed E-state index contributed by atoms with van der Waals surface area (Å²) in [6.07, 6.45) is 4.78. The summed E-state index contributed by atoms with van der Waals surface area (Å²) >= 11 is 1.29. The van der Waals surface area contributed by atoms with Crippen molar-refractivity contribution in [3.05, 3.63) is 47.0 Å². The number of benzene rings is 1. The van der Waals surface area contributed by atoms with E-state index in [-0.39, 0.29) is 18.3 Å². The molecule has 0 atom stereocenters. The highest BCUT2D eigenvalue weighted by Crippen LogP contribution is 2.28. The van der Waals surface area contributed by atoms with E-state index in [2.05, 4.69) is 4.74 Å². The number of esters is 2. The fourth-order valence-corrected chi connectivity index (χ4v) is 3.33. The first-order valence-electron chi connectivity index (χ1n) is 8.84. The summed E-state index contributed by atoms with van der Waals surface area (Å²) in [5.74, 6) is 0.0155. The molecular formula is C20H23NO6S. The van der Waals surface area contributed by atoms with Gasteiger partial charge in [-0.1, -0.05) is 23.9 Å². The van der Waals surface area contributed by atoms with E-state index in [0.29, 0.717) is 24.6 Å². The van der Waals surface area contributed by atoms with Gasteiger partial charge in [-0.25, -0.2) is 9.59 Å². The van der Waals surface area contributed by atoms with Crippen LogP contribution in [0.3, 0.4) is 0 Å². The third-order valence-electron chi connectivity index (χ3n) is 3.73. The Morgan fingerprint density at radius 1 is 1.21 bits per heavy atom. The molecule has 150 valence electrons. The third kappa shape index (κ3) is 6.77. The standard InChI is InChI=1S/C20H23NO6S/c1-3-26-16-8-5-15(6-9-16)7-10-19(23)27-12-4-11-21-17(22)14-28-18(21)13-20(24)25-2/h5-10,13H,3-4,11-12,14H2,1-2H3/b10-7+,18-13-. The predicted molar refractivity (Wildman–Crippen MR) is 106 cm³/mol. The van der Waals surface area contributed by atoms with Crippen LogP contribution in [0.2, 0.25) is 0 Å². The van der Waals surface area contributed by atoms with E-state index < -0.39 is 11.9 Å². The van der Waals surface area contributed by atoms with Crippen molar-refractivity contribution in [1.29, 1.82) is 0 Å². The van der Waals surface area contributed by atoms with Gasteiger partial charge in [0.1, 0.15) is 5.75 Å². The lowest BCUT2D eigenvalue weighted by molar-refractivity contribution is -0.138. The summed E-state index contributed by atoms with van der Waals surface area (Å²) in [4.78, 5) is 36.5. The van der Waals surface area contributed by atoms with Crippen LogP contribution < -0.4 is 4.74 Å². The zero-order chi connectivity index (χ0) is 20.4. The zero-order valence-electron chi connectivity index (χ0n) is 15.9. The van der Waals surface area contributed by atoms with Gasteiger partial charge in [0.25, 0.3) is 0 Å². The largest absolute Gasteiger partial charge is 0.494 e. The summed E-state index contributed by atoms with van der Waals surface area (Å²) in [7, 11) is 1.28. The number of thioether (sulfide) groups is 1. The first-order chi connectivity index (χ1) is 13.5. The highest BCUT2D eigenvalue weighted by Gasteiger charge is 2.26. The maximum Gasteiger partial charge on any atom is 0.333 e. The fourth-order valence-electron chi connectivity index (χ4n) is 2.38. The number of methoxy groups -OCH3 is 1. The van der Waals surface area contributed by atoms with Crippen LogP contribution in [-0.4, -0.2) is 55.4 Å². The molecule has 7 nitrogen and oxygen atoms in total. The molecule has 1 aromatic rings. The van der Waals surface area contributed by atoms with Crippen molar-refractivity contribution in [3.8, 4) is 5.75 Å². The van der Waals surface area contributed by atoms with Crippen LogP contribution in [0.15, 0.2) is 41.4 Å². The minimum atomic E-state index is -0.506.